The number of carbonyl (C=O) groups is 1. The molecule has 1 amide bonds. The smallest absolute Gasteiger partial charge is 0.255 e. The van der Waals surface area contributed by atoms with Gasteiger partial charge >= 0.3 is 0 Å². The van der Waals surface area contributed by atoms with Gasteiger partial charge in [0.1, 0.15) is 0 Å². The first-order chi connectivity index (χ1) is 9.68. The van der Waals surface area contributed by atoms with E-state index in [9.17, 15) is 4.79 Å². The highest BCUT2D eigenvalue weighted by atomic mass is 79.9. The summed E-state index contributed by atoms with van der Waals surface area (Å²) in [5.74, 6) is 0.120. The molecule has 3 rings (SSSR count). The third-order valence-corrected chi connectivity index (χ3v) is 4.87. The summed E-state index contributed by atoms with van der Waals surface area (Å²) in [6.07, 6.45) is 5.18. The highest BCUT2D eigenvalue weighted by Gasteiger charge is 2.25. The van der Waals surface area contributed by atoms with Crippen molar-refractivity contribution in [2.24, 2.45) is 0 Å². The lowest BCUT2D eigenvalue weighted by atomic mass is 10.0. The second-order valence-corrected chi connectivity index (χ2v) is 6.13. The lowest BCUT2D eigenvalue weighted by Crippen LogP contribution is -2.42. The Morgan fingerprint density at radius 3 is 3.00 bits per heavy atom. The number of likely N-dealkylation sites (tertiary alicyclic amines) is 1. The molecule has 1 atom stereocenters. The van der Waals surface area contributed by atoms with Crippen LogP contribution in [0.4, 0.5) is 0 Å². The molecule has 0 bridgehead atoms. The molecule has 20 heavy (non-hydrogen) atoms. The molecule has 1 aromatic heterocycles. The van der Waals surface area contributed by atoms with Crippen LogP contribution >= 0.6 is 15.9 Å². The Hall–Kier alpha value is -1.42. The van der Waals surface area contributed by atoms with E-state index in [1.54, 1.807) is 6.20 Å². The number of amides is 1. The second-order valence-electron chi connectivity index (χ2n) is 5.34. The minimum atomic E-state index is 0.120. The molecule has 0 spiro atoms. The normalized spacial score (nSPS) is 19.3. The van der Waals surface area contributed by atoms with Crippen molar-refractivity contribution >= 4 is 32.7 Å². The first-order valence-corrected chi connectivity index (χ1v) is 7.82. The molecule has 0 N–H and O–H groups in total. The summed E-state index contributed by atoms with van der Waals surface area (Å²) in [5, 5.41) is 0.989. The Bertz CT molecular complexity index is 656. The van der Waals surface area contributed by atoms with Crippen LogP contribution in [0.1, 0.15) is 36.5 Å². The number of nitrogens with zero attached hydrogens (tertiary/aromatic N) is 2. The van der Waals surface area contributed by atoms with Gasteiger partial charge in [0.05, 0.1) is 11.1 Å². The maximum Gasteiger partial charge on any atom is 0.255 e. The van der Waals surface area contributed by atoms with Gasteiger partial charge in [-0.1, -0.05) is 6.07 Å². The van der Waals surface area contributed by atoms with E-state index in [4.69, 9.17) is 0 Å². The van der Waals surface area contributed by atoms with Crippen LogP contribution in [0.15, 0.2) is 34.9 Å². The van der Waals surface area contributed by atoms with E-state index in [1.165, 1.54) is 6.42 Å². The number of piperidine rings is 1. The Kier molecular flexibility index (Phi) is 3.74. The molecule has 104 valence electrons. The van der Waals surface area contributed by atoms with E-state index in [1.807, 2.05) is 29.2 Å². The molecule has 1 saturated heterocycles. The number of benzene rings is 1. The Morgan fingerprint density at radius 2 is 2.20 bits per heavy atom. The van der Waals surface area contributed by atoms with Crippen molar-refractivity contribution < 1.29 is 4.79 Å². The van der Waals surface area contributed by atoms with Crippen molar-refractivity contribution in [1.29, 1.82) is 0 Å². The topological polar surface area (TPSA) is 33.2 Å². The highest BCUT2D eigenvalue weighted by Crippen LogP contribution is 2.29. The van der Waals surface area contributed by atoms with Crippen LogP contribution in [0, 0.1) is 0 Å². The van der Waals surface area contributed by atoms with Crippen molar-refractivity contribution in [1.82, 2.24) is 9.88 Å². The van der Waals surface area contributed by atoms with Gasteiger partial charge in [-0.2, -0.15) is 0 Å². The average Bonchev–Trinajstić information content (AvgIpc) is 2.48. The third-order valence-electron chi connectivity index (χ3n) is 4.01. The quantitative estimate of drug-likeness (QED) is 0.790. The Morgan fingerprint density at radius 1 is 1.35 bits per heavy atom. The maximum absolute atomic E-state index is 12.8. The average molecular weight is 333 g/mol. The van der Waals surface area contributed by atoms with Crippen LogP contribution in [0.25, 0.3) is 10.9 Å². The van der Waals surface area contributed by atoms with Crippen LogP contribution in [0.3, 0.4) is 0 Å². The number of rotatable bonds is 1. The Balaban J connectivity index is 2.01. The van der Waals surface area contributed by atoms with Gasteiger partial charge in [-0.05, 0) is 60.3 Å². The molecule has 1 unspecified atom stereocenters. The molecule has 4 heteroatoms. The van der Waals surface area contributed by atoms with Crippen LogP contribution in [-0.2, 0) is 0 Å². The van der Waals surface area contributed by atoms with E-state index in [0.717, 1.165) is 40.3 Å². The summed E-state index contributed by atoms with van der Waals surface area (Å²) in [4.78, 5) is 19.1. The van der Waals surface area contributed by atoms with Crippen LogP contribution < -0.4 is 0 Å². The zero-order chi connectivity index (χ0) is 14.1. The van der Waals surface area contributed by atoms with Gasteiger partial charge in [-0.25, -0.2) is 0 Å². The Labute approximate surface area is 127 Å². The standard InChI is InChI=1S/C16H17BrN2O/c1-11-5-2-3-10-19(11)16(20)13-7-8-14-12(15(13)17)6-4-9-18-14/h4,6-9,11H,2-3,5,10H2,1H3. The van der Waals surface area contributed by atoms with Crippen LogP contribution in [0.5, 0.6) is 0 Å². The predicted molar refractivity (Wildman–Crippen MR) is 83.8 cm³/mol. The largest absolute Gasteiger partial charge is 0.336 e. The summed E-state index contributed by atoms with van der Waals surface area (Å²) < 4.78 is 0.853. The summed E-state index contributed by atoms with van der Waals surface area (Å²) in [5.41, 5.74) is 1.64. The molecule has 1 fully saturated rings. The molecule has 1 aliphatic heterocycles. The molecule has 2 aromatic rings. The lowest BCUT2D eigenvalue weighted by Gasteiger charge is -2.33. The zero-order valence-corrected chi connectivity index (χ0v) is 13.1. The van der Waals surface area contributed by atoms with Gasteiger partial charge in [0.25, 0.3) is 5.91 Å². The van der Waals surface area contributed by atoms with Gasteiger partial charge in [0.2, 0.25) is 0 Å². The fraction of sp³-hybridized carbons (Fsp3) is 0.375. The number of hydrogen-bond acceptors (Lipinski definition) is 2. The SMILES string of the molecule is CC1CCCCN1C(=O)c1ccc2ncccc2c1Br. The molecule has 0 radical (unpaired) electrons. The number of aromatic nitrogens is 1. The number of halogens is 1. The molecule has 2 heterocycles. The predicted octanol–water partition coefficient (Wildman–Crippen LogP) is 4.01. The summed E-state index contributed by atoms with van der Waals surface area (Å²) >= 11 is 3.58. The zero-order valence-electron chi connectivity index (χ0n) is 11.5. The van der Waals surface area contributed by atoms with Gasteiger partial charge in [-0.15, -0.1) is 0 Å². The molecule has 0 aliphatic carbocycles. The first-order valence-electron chi connectivity index (χ1n) is 7.02. The highest BCUT2D eigenvalue weighted by molar-refractivity contribution is 9.10. The monoisotopic (exact) mass is 332 g/mol. The summed E-state index contributed by atoms with van der Waals surface area (Å²) in [6.45, 7) is 2.99. The minimum absolute atomic E-state index is 0.120. The number of fused-ring (bicyclic) bond motifs is 1. The van der Waals surface area contributed by atoms with Crippen molar-refractivity contribution in [2.45, 2.75) is 32.2 Å². The summed E-state index contributed by atoms with van der Waals surface area (Å²) in [6, 6.07) is 8.01. The fourth-order valence-electron chi connectivity index (χ4n) is 2.84. The van der Waals surface area contributed by atoms with Crippen molar-refractivity contribution in [3.63, 3.8) is 0 Å². The minimum Gasteiger partial charge on any atom is -0.336 e. The van der Waals surface area contributed by atoms with E-state index in [2.05, 4.69) is 27.8 Å². The van der Waals surface area contributed by atoms with Crippen molar-refractivity contribution in [2.75, 3.05) is 6.54 Å². The van der Waals surface area contributed by atoms with Crippen molar-refractivity contribution in [3.8, 4) is 0 Å². The van der Waals surface area contributed by atoms with Gasteiger partial charge in [0.15, 0.2) is 0 Å². The fourth-order valence-corrected chi connectivity index (χ4v) is 3.47. The van der Waals surface area contributed by atoms with Gasteiger partial charge in [-0.3, -0.25) is 9.78 Å². The first kappa shape index (κ1) is 13.6. The third kappa shape index (κ3) is 2.33. The van der Waals surface area contributed by atoms with Crippen LogP contribution in [0.2, 0.25) is 0 Å². The van der Waals surface area contributed by atoms with Gasteiger partial charge in [0, 0.05) is 28.6 Å². The number of carbonyl (C=O) groups excluding carboxylic acids is 1. The van der Waals surface area contributed by atoms with E-state index >= 15 is 0 Å². The number of hydrogen-bond donors (Lipinski definition) is 0. The van der Waals surface area contributed by atoms with Gasteiger partial charge < -0.3 is 4.90 Å². The van der Waals surface area contributed by atoms with E-state index in [0.29, 0.717) is 6.04 Å². The van der Waals surface area contributed by atoms with E-state index < -0.39 is 0 Å². The molecule has 0 saturated carbocycles. The number of pyridine rings is 1. The molecule has 1 aromatic carbocycles. The second kappa shape index (κ2) is 5.52. The molecule has 1 aliphatic rings. The van der Waals surface area contributed by atoms with Crippen LogP contribution in [-0.4, -0.2) is 28.4 Å². The molecule has 3 nitrogen and oxygen atoms in total. The molecular weight excluding hydrogens is 316 g/mol. The van der Waals surface area contributed by atoms with E-state index in [-0.39, 0.29) is 5.91 Å². The lowest BCUT2D eigenvalue weighted by molar-refractivity contribution is 0.0635. The molecular formula is C16H17BrN2O. The summed E-state index contributed by atoms with van der Waals surface area (Å²) in [7, 11) is 0. The van der Waals surface area contributed by atoms with Crippen molar-refractivity contribution in [3.05, 3.63) is 40.5 Å². The maximum atomic E-state index is 12.8.